The lowest BCUT2D eigenvalue weighted by Gasteiger charge is -2.16. The predicted octanol–water partition coefficient (Wildman–Crippen LogP) is 3.00. The van der Waals surface area contributed by atoms with Crippen LogP contribution in [0.4, 0.5) is 5.69 Å². The van der Waals surface area contributed by atoms with E-state index in [4.69, 9.17) is 4.74 Å². The van der Waals surface area contributed by atoms with Crippen molar-refractivity contribution in [1.29, 1.82) is 0 Å². The van der Waals surface area contributed by atoms with E-state index in [2.05, 4.69) is 12.2 Å². The van der Waals surface area contributed by atoms with Gasteiger partial charge in [0, 0.05) is 12.6 Å². The summed E-state index contributed by atoms with van der Waals surface area (Å²) in [5.41, 5.74) is 2.05. The average Bonchev–Trinajstić information content (AvgIpc) is 2.18. The first-order chi connectivity index (χ1) is 7.97. The Bertz CT molecular complexity index is 357. The fourth-order valence-electron chi connectivity index (χ4n) is 1.77. The molecule has 0 aliphatic carbocycles. The molecule has 0 aromatic heterocycles. The number of hydrogen-bond donors (Lipinski definition) is 1. The summed E-state index contributed by atoms with van der Waals surface area (Å²) >= 11 is 0. The number of amides is 1. The van der Waals surface area contributed by atoms with Crippen molar-refractivity contribution in [3.8, 4) is 0 Å². The minimum Gasteiger partial charge on any atom is -0.376 e. The lowest BCUT2D eigenvalue weighted by atomic mass is 10.1. The van der Waals surface area contributed by atoms with E-state index in [9.17, 15) is 4.79 Å². The molecule has 3 nitrogen and oxygen atoms in total. The van der Waals surface area contributed by atoms with Crippen molar-refractivity contribution in [2.24, 2.45) is 0 Å². The van der Waals surface area contributed by atoms with Gasteiger partial charge in [0.05, 0.1) is 12.2 Å². The number of anilines is 1. The molecule has 1 N–H and O–H groups in total. The van der Waals surface area contributed by atoms with Gasteiger partial charge in [0.2, 0.25) is 5.91 Å². The summed E-state index contributed by atoms with van der Waals surface area (Å²) in [5.74, 6) is -0.0470. The highest BCUT2D eigenvalue weighted by Gasteiger charge is 2.06. The van der Waals surface area contributed by atoms with Crippen molar-refractivity contribution in [2.45, 2.75) is 46.3 Å². The van der Waals surface area contributed by atoms with Crippen LogP contribution in [0, 0.1) is 0 Å². The van der Waals surface area contributed by atoms with Gasteiger partial charge in [0.15, 0.2) is 0 Å². The van der Waals surface area contributed by atoms with Gasteiger partial charge in [-0.05, 0) is 44.9 Å². The average molecular weight is 235 g/mol. The maximum Gasteiger partial charge on any atom is 0.221 e. The molecule has 0 heterocycles. The molecule has 1 rings (SSSR count). The van der Waals surface area contributed by atoms with E-state index in [0.717, 1.165) is 12.1 Å². The van der Waals surface area contributed by atoms with Crippen LogP contribution >= 0.6 is 0 Å². The first-order valence-electron chi connectivity index (χ1n) is 5.99. The SMILES string of the molecule is CC(=O)Nc1ccc(CC(C)OC(C)C)cc1. The summed E-state index contributed by atoms with van der Waals surface area (Å²) in [4.78, 5) is 10.9. The Hall–Kier alpha value is -1.35. The minimum atomic E-state index is -0.0470. The molecule has 1 amide bonds. The molecule has 3 heteroatoms. The molecule has 1 unspecified atom stereocenters. The molecule has 0 radical (unpaired) electrons. The maximum absolute atomic E-state index is 10.9. The van der Waals surface area contributed by atoms with E-state index in [1.165, 1.54) is 12.5 Å². The van der Waals surface area contributed by atoms with E-state index in [-0.39, 0.29) is 18.1 Å². The minimum absolute atomic E-state index is 0.0470. The zero-order valence-corrected chi connectivity index (χ0v) is 11.0. The fraction of sp³-hybridized carbons (Fsp3) is 0.500. The summed E-state index contributed by atoms with van der Waals surface area (Å²) in [7, 11) is 0. The van der Waals surface area contributed by atoms with Crippen molar-refractivity contribution in [2.75, 3.05) is 5.32 Å². The molecular weight excluding hydrogens is 214 g/mol. The molecule has 1 aromatic carbocycles. The Balaban J connectivity index is 2.53. The Morgan fingerprint density at radius 3 is 2.29 bits per heavy atom. The monoisotopic (exact) mass is 235 g/mol. The highest BCUT2D eigenvalue weighted by molar-refractivity contribution is 5.88. The van der Waals surface area contributed by atoms with Crippen molar-refractivity contribution in [3.05, 3.63) is 29.8 Å². The lowest BCUT2D eigenvalue weighted by Crippen LogP contribution is -2.16. The van der Waals surface area contributed by atoms with Gasteiger partial charge in [-0.25, -0.2) is 0 Å². The molecular formula is C14H21NO2. The smallest absolute Gasteiger partial charge is 0.221 e. The van der Waals surface area contributed by atoms with Gasteiger partial charge >= 0.3 is 0 Å². The van der Waals surface area contributed by atoms with Crippen molar-refractivity contribution in [1.82, 2.24) is 0 Å². The normalized spacial score (nSPS) is 12.5. The van der Waals surface area contributed by atoms with Gasteiger partial charge in [0.1, 0.15) is 0 Å². The summed E-state index contributed by atoms with van der Waals surface area (Å²) in [5, 5.41) is 2.75. The van der Waals surface area contributed by atoms with Crippen LogP contribution in [0.5, 0.6) is 0 Å². The second kappa shape index (κ2) is 6.40. The number of nitrogens with one attached hydrogen (secondary N) is 1. The third-order valence-electron chi connectivity index (χ3n) is 2.30. The molecule has 17 heavy (non-hydrogen) atoms. The Morgan fingerprint density at radius 1 is 1.24 bits per heavy atom. The molecule has 0 fully saturated rings. The van der Waals surface area contributed by atoms with Gasteiger partial charge in [-0.1, -0.05) is 12.1 Å². The first kappa shape index (κ1) is 13.7. The third-order valence-corrected chi connectivity index (χ3v) is 2.30. The highest BCUT2D eigenvalue weighted by Crippen LogP contribution is 2.12. The molecule has 0 aliphatic heterocycles. The highest BCUT2D eigenvalue weighted by atomic mass is 16.5. The van der Waals surface area contributed by atoms with Gasteiger partial charge < -0.3 is 10.1 Å². The largest absolute Gasteiger partial charge is 0.376 e. The van der Waals surface area contributed by atoms with Crippen molar-refractivity contribution < 1.29 is 9.53 Å². The molecule has 1 aromatic rings. The van der Waals surface area contributed by atoms with Crippen LogP contribution in [0.25, 0.3) is 0 Å². The summed E-state index contributed by atoms with van der Waals surface area (Å²) in [6.07, 6.45) is 1.35. The van der Waals surface area contributed by atoms with E-state index >= 15 is 0 Å². The topological polar surface area (TPSA) is 38.3 Å². The first-order valence-corrected chi connectivity index (χ1v) is 5.99. The molecule has 94 valence electrons. The molecule has 0 spiro atoms. The number of benzene rings is 1. The maximum atomic E-state index is 10.9. The van der Waals surface area contributed by atoms with Crippen molar-refractivity contribution >= 4 is 11.6 Å². The Morgan fingerprint density at radius 2 is 1.82 bits per heavy atom. The number of carbonyl (C=O) groups is 1. The van der Waals surface area contributed by atoms with Crippen LogP contribution in [0.2, 0.25) is 0 Å². The molecule has 0 aliphatic rings. The van der Waals surface area contributed by atoms with Gasteiger partial charge in [-0.3, -0.25) is 4.79 Å². The number of carbonyl (C=O) groups excluding carboxylic acids is 1. The molecule has 0 saturated heterocycles. The van der Waals surface area contributed by atoms with E-state index < -0.39 is 0 Å². The second-order valence-corrected chi connectivity index (χ2v) is 4.58. The van der Waals surface area contributed by atoms with Crippen LogP contribution in [0.15, 0.2) is 24.3 Å². The predicted molar refractivity (Wildman–Crippen MR) is 70.1 cm³/mol. The van der Waals surface area contributed by atoms with Crippen LogP contribution < -0.4 is 5.32 Å². The quantitative estimate of drug-likeness (QED) is 0.852. The van der Waals surface area contributed by atoms with Crippen LogP contribution in [0.1, 0.15) is 33.3 Å². The number of ether oxygens (including phenoxy) is 1. The van der Waals surface area contributed by atoms with Gasteiger partial charge in [-0.2, -0.15) is 0 Å². The van der Waals surface area contributed by atoms with Gasteiger partial charge in [0.25, 0.3) is 0 Å². The summed E-state index contributed by atoms with van der Waals surface area (Å²) < 4.78 is 5.68. The molecule has 0 saturated carbocycles. The zero-order valence-electron chi connectivity index (χ0n) is 11.0. The van der Waals surface area contributed by atoms with Crippen LogP contribution in [-0.4, -0.2) is 18.1 Å². The Kier molecular flexibility index (Phi) is 5.16. The number of rotatable bonds is 5. The fourth-order valence-corrected chi connectivity index (χ4v) is 1.77. The van der Waals surface area contributed by atoms with E-state index in [1.54, 1.807) is 0 Å². The zero-order chi connectivity index (χ0) is 12.8. The second-order valence-electron chi connectivity index (χ2n) is 4.58. The molecule has 0 bridgehead atoms. The summed E-state index contributed by atoms with van der Waals surface area (Å²) in [6.45, 7) is 7.65. The standard InChI is InChI=1S/C14H21NO2/c1-10(2)17-11(3)9-13-5-7-14(8-6-13)15-12(4)16/h5-8,10-11H,9H2,1-4H3,(H,15,16). The number of hydrogen-bond acceptors (Lipinski definition) is 2. The Labute approximate surface area is 103 Å². The summed E-state index contributed by atoms with van der Waals surface area (Å²) in [6, 6.07) is 7.87. The van der Waals surface area contributed by atoms with Gasteiger partial charge in [-0.15, -0.1) is 0 Å². The third kappa shape index (κ3) is 5.50. The van der Waals surface area contributed by atoms with E-state index in [0.29, 0.717) is 0 Å². The van der Waals surface area contributed by atoms with Crippen LogP contribution in [-0.2, 0) is 16.0 Å². The lowest BCUT2D eigenvalue weighted by molar-refractivity contribution is -0.114. The van der Waals surface area contributed by atoms with Crippen LogP contribution in [0.3, 0.4) is 0 Å². The van der Waals surface area contributed by atoms with Crippen molar-refractivity contribution in [3.63, 3.8) is 0 Å². The molecule has 1 atom stereocenters. The van der Waals surface area contributed by atoms with E-state index in [1.807, 2.05) is 38.1 Å².